The molecule has 1 heterocycles. The van der Waals surface area contributed by atoms with E-state index >= 15 is 0 Å². The Kier molecular flexibility index (Phi) is 5.96. The molecule has 1 aromatic heterocycles. The molecule has 4 heteroatoms. The zero-order chi connectivity index (χ0) is 14.4. The molecule has 0 fully saturated rings. The summed E-state index contributed by atoms with van der Waals surface area (Å²) in [5, 5.41) is 0. The van der Waals surface area contributed by atoms with Gasteiger partial charge in [0, 0.05) is 12.2 Å². The molecule has 0 spiro atoms. The van der Waals surface area contributed by atoms with Crippen molar-refractivity contribution in [1.29, 1.82) is 0 Å². The minimum atomic E-state index is -0.425. The maximum atomic E-state index is 12.4. The molecule has 2 N–H and O–H groups in total. The second-order valence-electron chi connectivity index (χ2n) is 5.62. The average molecular weight is 263 g/mol. The lowest BCUT2D eigenvalue weighted by Crippen LogP contribution is -2.47. The van der Waals surface area contributed by atoms with E-state index in [1.54, 1.807) is 11.1 Å². The highest BCUT2D eigenvalue weighted by atomic mass is 16.2. The van der Waals surface area contributed by atoms with Crippen LogP contribution in [0, 0.1) is 5.92 Å². The van der Waals surface area contributed by atoms with Gasteiger partial charge in [-0.05, 0) is 38.3 Å². The fourth-order valence-corrected chi connectivity index (χ4v) is 2.00. The molecule has 1 atom stereocenters. The van der Waals surface area contributed by atoms with E-state index in [1.165, 1.54) is 0 Å². The number of carbonyl (C=O) groups excluding carboxylic acids is 1. The van der Waals surface area contributed by atoms with Crippen LogP contribution in [0.4, 0.5) is 0 Å². The standard InChI is InChI=1S/C15H25N3O/c1-11(2)9-14(16)15(19)18(12(3)4)10-13-7-5-6-8-17-13/h5-8,11-12,14H,9-10,16H2,1-4H3. The molecular formula is C15H25N3O. The van der Waals surface area contributed by atoms with E-state index in [0.29, 0.717) is 18.9 Å². The number of hydrogen-bond donors (Lipinski definition) is 1. The van der Waals surface area contributed by atoms with Gasteiger partial charge in [0.2, 0.25) is 5.91 Å². The Morgan fingerprint density at radius 3 is 2.47 bits per heavy atom. The van der Waals surface area contributed by atoms with Crippen LogP contribution in [0.15, 0.2) is 24.4 Å². The van der Waals surface area contributed by atoms with Gasteiger partial charge in [-0.15, -0.1) is 0 Å². The van der Waals surface area contributed by atoms with Gasteiger partial charge in [-0.2, -0.15) is 0 Å². The lowest BCUT2D eigenvalue weighted by molar-refractivity contribution is -0.135. The third kappa shape index (κ3) is 4.99. The van der Waals surface area contributed by atoms with Crippen LogP contribution in [-0.4, -0.2) is 27.9 Å². The Morgan fingerprint density at radius 1 is 1.32 bits per heavy atom. The second kappa shape index (κ2) is 7.24. The molecule has 1 rings (SSSR count). The Labute approximate surface area is 116 Å². The van der Waals surface area contributed by atoms with E-state index in [0.717, 1.165) is 5.69 Å². The third-order valence-corrected chi connectivity index (χ3v) is 3.01. The summed E-state index contributed by atoms with van der Waals surface area (Å²) in [7, 11) is 0. The van der Waals surface area contributed by atoms with Crippen LogP contribution in [-0.2, 0) is 11.3 Å². The second-order valence-corrected chi connectivity index (χ2v) is 5.62. The highest BCUT2D eigenvalue weighted by Gasteiger charge is 2.24. The summed E-state index contributed by atoms with van der Waals surface area (Å²) in [6, 6.07) is 5.42. The predicted octanol–water partition coefficient (Wildman–Crippen LogP) is 2.19. The van der Waals surface area contributed by atoms with Crippen molar-refractivity contribution in [2.75, 3.05) is 0 Å². The van der Waals surface area contributed by atoms with Crippen LogP contribution in [0.3, 0.4) is 0 Å². The van der Waals surface area contributed by atoms with Crippen molar-refractivity contribution in [3.05, 3.63) is 30.1 Å². The largest absolute Gasteiger partial charge is 0.333 e. The molecule has 1 aromatic rings. The minimum Gasteiger partial charge on any atom is -0.333 e. The number of nitrogens with two attached hydrogens (primary N) is 1. The summed E-state index contributed by atoms with van der Waals surface area (Å²) in [5.41, 5.74) is 6.89. The Morgan fingerprint density at radius 2 is 2.00 bits per heavy atom. The van der Waals surface area contributed by atoms with Gasteiger partial charge in [0.15, 0.2) is 0 Å². The van der Waals surface area contributed by atoms with Crippen LogP contribution in [0.5, 0.6) is 0 Å². The summed E-state index contributed by atoms with van der Waals surface area (Å²) >= 11 is 0. The van der Waals surface area contributed by atoms with Gasteiger partial charge in [0.1, 0.15) is 0 Å². The van der Waals surface area contributed by atoms with Crippen LogP contribution in [0.1, 0.15) is 39.8 Å². The highest BCUT2D eigenvalue weighted by Crippen LogP contribution is 2.11. The third-order valence-electron chi connectivity index (χ3n) is 3.01. The maximum absolute atomic E-state index is 12.4. The minimum absolute atomic E-state index is 0.00866. The monoisotopic (exact) mass is 263 g/mol. The van der Waals surface area contributed by atoms with E-state index in [2.05, 4.69) is 18.8 Å². The predicted molar refractivity (Wildman–Crippen MR) is 77.4 cm³/mol. The van der Waals surface area contributed by atoms with Crippen molar-refractivity contribution in [1.82, 2.24) is 9.88 Å². The summed E-state index contributed by atoms with van der Waals surface area (Å²) in [4.78, 5) is 18.5. The van der Waals surface area contributed by atoms with Gasteiger partial charge < -0.3 is 10.6 Å². The maximum Gasteiger partial charge on any atom is 0.240 e. The molecule has 0 saturated heterocycles. The average Bonchev–Trinajstić information content (AvgIpc) is 2.35. The molecular weight excluding hydrogens is 238 g/mol. The molecule has 0 aromatic carbocycles. The van der Waals surface area contributed by atoms with Crippen LogP contribution in [0.2, 0.25) is 0 Å². The topological polar surface area (TPSA) is 59.2 Å². The normalized spacial score (nSPS) is 12.8. The molecule has 0 bridgehead atoms. The van der Waals surface area contributed by atoms with Crippen molar-refractivity contribution in [2.24, 2.45) is 11.7 Å². The first-order valence-electron chi connectivity index (χ1n) is 6.87. The van der Waals surface area contributed by atoms with E-state index in [9.17, 15) is 4.79 Å². The Hall–Kier alpha value is -1.42. The first kappa shape index (κ1) is 15.6. The van der Waals surface area contributed by atoms with E-state index in [-0.39, 0.29) is 11.9 Å². The van der Waals surface area contributed by atoms with Crippen LogP contribution < -0.4 is 5.73 Å². The van der Waals surface area contributed by atoms with Crippen molar-refractivity contribution < 1.29 is 4.79 Å². The quantitative estimate of drug-likeness (QED) is 0.856. The van der Waals surface area contributed by atoms with Gasteiger partial charge in [-0.1, -0.05) is 19.9 Å². The molecule has 0 aliphatic carbocycles. The zero-order valence-corrected chi connectivity index (χ0v) is 12.3. The lowest BCUT2D eigenvalue weighted by atomic mass is 10.0. The molecule has 0 aliphatic rings. The summed E-state index contributed by atoms with van der Waals surface area (Å²) in [6.07, 6.45) is 2.45. The van der Waals surface area contributed by atoms with Crippen molar-refractivity contribution in [2.45, 2.75) is 52.7 Å². The molecule has 0 aliphatic heterocycles. The van der Waals surface area contributed by atoms with Gasteiger partial charge in [-0.25, -0.2) is 0 Å². The van der Waals surface area contributed by atoms with E-state index < -0.39 is 6.04 Å². The van der Waals surface area contributed by atoms with Gasteiger partial charge in [-0.3, -0.25) is 9.78 Å². The first-order chi connectivity index (χ1) is 8.91. The summed E-state index contributed by atoms with van der Waals surface area (Å²) in [6.45, 7) is 8.67. The van der Waals surface area contributed by atoms with Crippen LogP contribution in [0.25, 0.3) is 0 Å². The number of rotatable bonds is 6. The number of aromatic nitrogens is 1. The molecule has 1 amide bonds. The van der Waals surface area contributed by atoms with Gasteiger partial charge in [0.25, 0.3) is 0 Å². The number of nitrogens with zero attached hydrogens (tertiary/aromatic N) is 2. The van der Waals surface area contributed by atoms with E-state index in [1.807, 2.05) is 32.0 Å². The van der Waals surface area contributed by atoms with Crippen LogP contribution >= 0.6 is 0 Å². The summed E-state index contributed by atoms with van der Waals surface area (Å²) < 4.78 is 0. The first-order valence-corrected chi connectivity index (χ1v) is 6.87. The molecule has 0 radical (unpaired) electrons. The van der Waals surface area contributed by atoms with E-state index in [4.69, 9.17) is 5.73 Å². The Bertz CT molecular complexity index is 390. The number of hydrogen-bond acceptors (Lipinski definition) is 3. The van der Waals surface area contributed by atoms with Crippen molar-refractivity contribution >= 4 is 5.91 Å². The zero-order valence-electron chi connectivity index (χ0n) is 12.3. The number of pyridine rings is 1. The fourth-order valence-electron chi connectivity index (χ4n) is 2.00. The molecule has 1 unspecified atom stereocenters. The smallest absolute Gasteiger partial charge is 0.240 e. The fraction of sp³-hybridized carbons (Fsp3) is 0.600. The Balaban J connectivity index is 2.75. The molecule has 19 heavy (non-hydrogen) atoms. The molecule has 0 saturated carbocycles. The SMILES string of the molecule is CC(C)CC(N)C(=O)N(Cc1ccccn1)C(C)C. The number of amides is 1. The van der Waals surface area contributed by atoms with Gasteiger partial charge >= 0.3 is 0 Å². The number of carbonyl (C=O) groups is 1. The van der Waals surface area contributed by atoms with Gasteiger partial charge in [0.05, 0.1) is 18.3 Å². The lowest BCUT2D eigenvalue weighted by Gasteiger charge is -2.29. The van der Waals surface area contributed by atoms with Crippen molar-refractivity contribution in [3.8, 4) is 0 Å². The van der Waals surface area contributed by atoms with Crippen molar-refractivity contribution in [3.63, 3.8) is 0 Å². The molecule has 106 valence electrons. The molecule has 4 nitrogen and oxygen atoms in total. The summed E-state index contributed by atoms with van der Waals surface area (Å²) in [5.74, 6) is 0.428. The highest BCUT2D eigenvalue weighted by molar-refractivity contribution is 5.81.